The standard InChI is InChI=1S/C15H23N5O.ClH/c21-15(17-13-8-10-1-2-11(13)7-10)14-9-20(19-18-14)12-3-5-16-6-4-12;/h9-13,16H,1-8H2,(H,17,21);1H. The molecule has 6 nitrogen and oxygen atoms in total. The second kappa shape index (κ2) is 6.54. The highest BCUT2D eigenvalue weighted by Gasteiger charge is 2.40. The fraction of sp³-hybridized carbons (Fsp3) is 0.800. The molecular weight excluding hydrogens is 302 g/mol. The largest absolute Gasteiger partial charge is 0.348 e. The molecule has 1 aromatic rings. The molecule has 2 heterocycles. The highest BCUT2D eigenvalue weighted by Crippen LogP contribution is 2.44. The number of aromatic nitrogens is 3. The molecule has 1 aromatic heterocycles. The average molecular weight is 326 g/mol. The Morgan fingerprint density at radius 2 is 2.05 bits per heavy atom. The highest BCUT2D eigenvalue weighted by molar-refractivity contribution is 5.92. The minimum atomic E-state index is -0.0484. The van der Waals surface area contributed by atoms with Crippen molar-refractivity contribution in [3.63, 3.8) is 0 Å². The van der Waals surface area contributed by atoms with Crippen LogP contribution in [0.25, 0.3) is 0 Å². The molecule has 1 aliphatic heterocycles. The van der Waals surface area contributed by atoms with Gasteiger partial charge in [-0.1, -0.05) is 11.6 Å². The summed E-state index contributed by atoms with van der Waals surface area (Å²) in [5, 5.41) is 14.8. The smallest absolute Gasteiger partial charge is 0.273 e. The molecule has 3 fully saturated rings. The van der Waals surface area contributed by atoms with Crippen molar-refractivity contribution in [2.24, 2.45) is 11.8 Å². The lowest BCUT2D eigenvalue weighted by Crippen LogP contribution is -2.38. The van der Waals surface area contributed by atoms with Gasteiger partial charge in [0.1, 0.15) is 0 Å². The van der Waals surface area contributed by atoms with E-state index in [2.05, 4.69) is 20.9 Å². The van der Waals surface area contributed by atoms with Crippen molar-refractivity contribution in [2.45, 2.75) is 50.6 Å². The van der Waals surface area contributed by atoms with Crippen molar-refractivity contribution in [2.75, 3.05) is 13.1 Å². The second-order valence-electron chi connectivity index (χ2n) is 6.82. The summed E-state index contributed by atoms with van der Waals surface area (Å²) in [4.78, 5) is 12.3. The molecule has 3 unspecified atom stereocenters. The molecule has 0 spiro atoms. The maximum Gasteiger partial charge on any atom is 0.273 e. The van der Waals surface area contributed by atoms with E-state index >= 15 is 0 Å². The Bertz CT molecular complexity index is 528. The normalized spacial score (nSPS) is 31.0. The Morgan fingerprint density at radius 1 is 1.23 bits per heavy atom. The predicted molar refractivity (Wildman–Crippen MR) is 85.1 cm³/mol. The first-order valence-electron chi connectivity index (χ1n) is 8.23. The summed E-state index contributed by atoms with van der Waals surface area (Å²) in [7, 11) is 0. The lowest BCUT2D eigenvalue weighted by Gasteiger charge is -2.22. The SMILES string of the molecule is Cl.O=C(NC1CC2CCC1C2)c1cn(C2CCNCC2)nn1. The van der Waals surface area contributed by atoms with Gasteiger partial charge in [-0.05, 0) is 57.0 Å². The molecule has 4 rings (SSSR count). The van der Waals surface area contributed by atoms with E-state index < -0.39 is 0 Å². The van der Waals surface area contributed by atoms with Crippen molar-refractivity contribution in [3.8, 4) is 0 Å². The molecule has 122 valence electrons. The zero-order valence-electron chi connectivity index (χ0n) is 12.7. The molecule has 1 amide bonds. The minimum absolute atomic E-state index is 0. The van der Waals surface area contributed by atoms with Crippen LogP contribution in [0.4, 0.5) is 0 Å². The molecule has 2 saturated carbocycles. The van der Waals surface area contributed by atoms with Gasteiger partial charge in [-0.2, -0.15) is 0 Å². The van der Waals surface area contributed by atoms with E-state index in [0.29, 0.717) is 23.7 Å². The molecule has 22 heavy (non-hydrogen) atoms. The molecule has 1 saturated heterocycles. The van der Waals surface area contributed by atoms with E-state index in [1.165, 1.54) is 19.3 Å². The number of carbonyl (C=O) groups excluding carboxylic acids is 1. The van der Waals surface area contributed by atoms with Gasteiger partial charge in [0.05, 0.1) is 12.2 Å². The van der Waals surface area contributed by atoms with Crippen molar-refractivity contribution in [3.05, 3.63) is 11.9 Å². The molecule has 0 aromatic carbocycles. The lowest BCUT2D eigenvalue weighted by atomic mass is 9.95. The van der Waals surface area contributed by atoms with E-state index in [1.54, 1.807) is 0 Å². The predicted octanol–water partition coefficient (Wildman–Crippen LogP) is 1.54. The quantitative estimate of drug-likeness (QED) is 0.884. The minimum Gasteiger partial charge on any atom is -0.348 e. The Labute approximate surface area is 136 Å². The van der Waals surface area contributed by atoms with E-state index in [1.807, 2.05) is 10.9 Å². The van der Waals surface area contributed by atoms with Crippen LogP contribution < -0.4 is 10.6 Å². The fourth-order valence-corrected chi connectivity index (χ4v) is 4.29. The van der Waals surface area contributed by atoms with Crippen LogP contribution in [0.3, 0.4) is 0 Å². The first kappa shape index (κ1) is 15.7. The summed E-state index contributed by atoms with van der Waals surface area (Å²) in [6, 6.07) is 0.739. The molecule has 2 aliphatic carbocycles. The molecule has 2 N–H and O–H groups in total. The van der Waals surface area contributed by atoms with Gasteiger partial charge in [-0.25, -0.2) is 4.68 Å². The van der Waals surface area contributed by atoms with Gasteiger partial charge in [0.25, 0.3) is 5.91 Å². The number of halogens is 1. The first-order chi connectivity index (χ1) is 10.3. The van der Waals surface area contributed by atoms with Crippen LogP contribution in [-0.4, -0.2) is 40.0 Å². The highest BCUT2D eigenvalue weighted by atomic mass is 35.5. The number of fused-ring (bicyclic) bond motifs is 2. The molecular formula is C15H24ClN5O. The third-order valence-electron chi connectivity index (χ3n) is 5.48. The van der Waals surface area contributed by atoms with Crippen LogP contribution in [0.5, 0.6) is 0 Å². The van der Waals surface area contributed by atoms with Gasteiger partial charge in [0.2, 0.25) is 0 Å². The maximum atomic E-state index is 12.3. The van der Waals surface area contributed by atoms with Gasteiger partial charge in [0.15, 0.2) is 5.69 Å². The fourth-order valence-electron chi connectivity index (χ4n) is 4.29. The summed E-state index contributed by atoms with van der Waals surface area (Å²) in [5.74, 6) is 1.48. The zero-order chi connectivity index (χ0) is 14.2. The molecule has 2 bridgehead atoms. The lowest BCUT2D eigenvalue weighted by molar-refractivity contribution is 0.0917. The van der Waals surface area contributed by atoms with Gasteiger partial charge < -0.3 is 10.6 Å². The van der Waals surface area contributed by atoms with Crippen molar-refractivity contribution in [1.82, 2.24) is 25.6 Å². The monoisotopic (exact) mass is 325 g/mol. The summed E-state index contributed by atoms with van der Waals surface area (Å²) < 4.78 is 1.87. The van der Waals surface area contributed by atoms with Crippen LogP contribution in [0.15, 0.2) is 6.20 Å². The molecule has 3 aliphatic rings. The topological polar surface area (TPSA) is 71.8 Å². The summed E-state index contributed by atoms with van der Waals surface area (Å²) in [6.45, 7) is 2.02. The van der Waals surface area contributed by atoms with Crippen LogP contribution in [0, 0.1) is 11.8 Å². The average Bonchev–Trinajstić information content (AvgIpc) is 3.24. The number of hydrogen-bond acceptors (Lipinski definition) is 4. The van der Waals surface area contributed by atoms with Crippen LogP contribution in [-0.2, 0) is 0 Å². The molecule has 3 atom stereocenters. The zero-order valence-corrected chi connectivity index (χ0v) is 13.5. The summed E-state index contributed by atoms with van der Waals surface area (Å²) >= 11 is 0. The van der Waals surface area contributed by atoms with E-state index in [9.17, 15) is 4.79 Å². The number of amides is 1. The Morgan fingerprint density at radius 3 is 2.73 bits per heavy atom. The Hall–Kier alpha value is -1.14. The van der Waals surface area contributed by atoms with E-state index in [4.69, 9.17) is 0 Å². The Kier molecular flexibility index (Phi) is 4.68. The van der Waals surface area contributed by atoms with E-state index in [-0.39, 0.29) is 18.3 Å². The number of piperidine rings is 1. The van der Waals surface area contributed by atoms with Gasteiger partial charge in [0, 0.05) is 6.04 Å². The number of nitrogens with zero attached hydrogens (tertiary/aromatic N) is 3. The van der Waals surface area contributed by atoms with Crippen LogP contribution in [0.2, 0.25) is 0 Å². The number of nitrogens with one attached hydrogen (secondary N) is 2. The van der Waals surface area contributed by atoms with Gasteiger partial charge in [-0.15, -0.1) is 17.5 Å². The Balaban J connectivity index is 0.00000144. The molecule has 7 heteroatoms. The summed E-state index contributed by atoms with van der Waals surface area (Å²) in [6.07, 6.45) is 9.00. The second-order valence-corrected chi connectivity index (χ2v) is 6.82. The van der Waals surface area contributed by atoms with Crippen molar-refractivity contribution >= 4 is 18.3 Å². The van der Waals surface area contributed by atoms with Gasteiger partial charge in [-0.3, -0.25) is 4.79 Å². The van der Waals surface area contributed by atoms with Crippen LogP contribution in [0.1, 0.15) is 55.1 Å². The van der Waals surface area contributed by atoms with E-state index in [0.717, 1.165) is 38.3 Å². The third kappa shape index (κ3) is 2.99. The van der Waals surface area contributed by atoms with Crippen LogP contribution >= 0.6 is 12.4 Å². The molecule has 0 radical (unpaired) electrons. The number of rotatable bonds is 3. The summed E-state index contributed by atoms with van der Waals surface area (Å²) in [5.41, 5.74) is 0.469. The third-order valence-corrected chi connectivity index (χ3v) is 5.48. The first-order valence-corrected chi connectivity index (χ1v) is 8.23. The van der Waals surface area contributed by atoms with Gasteiger partial charge >= 0.3 is 0 Å². The number of carbonyl (C=O) groups is 1. The number of hydrogen-bond donors (Lipinski definition) is 2. The van der Waals surface area contributed by atoms with Crippen molar-refractivity contribution in [1.29, 1.82) is 0 Å². The maximum absolute atomic E-state index is 12.3. The van der Waals surface area contributed by atoms with Crippen molar-refractivity contribution < 1.29 is 4.79 Å².